The molecule has 1 aromatic carbocycles. The van der Waals surface area contributed by atoms with Crippen LogP contribution < -0.4 is 4.74 Å². The molecule has 5 heteroatoms. The summed E-state index contributed by atoms with van der Waals surface area (Å²) in [5.74, 6) is 0.849. The minimum absolute atomic E-state index is 0.0462. The van der Waals surface area contributed by atoms with Gasteiger partial charge < -0.3 is 9.64 Å². The molecule has 0 spiro atoms. The maximum atomic E-state index is 12.5. The van der Waals surface area contributed by atoms with Gasteiger partial charge in [-0.3, -0.25) is 9.78 Å². The summed E-state index contributed by atoms with van der Waals surface area (Å²) in [5.41, 5.74) is 2.05. The van der Waals surface area contributed by atoms with Gasteiger partial charge in [-0.1, -0.05) is 18.2 Å². The molecule has 0 N–H and O–H groups in total. The SMILES string of the molecule is COc1ccc(CCC(=O)N(CCC#N)Cc2cccnc2)cc1. The highest BCUT2D eigenvalue weighted by molar-refractivity contribution is 5.76. The van der Waals surface area contributed by atoms with E-state index in [0.29, 0.717) is 32.4 Å². The third-order valence-corrected chi connectivity index (χ3v) is 3.73. The number of hydrogen-bond acceptors (Lipinski definition) is 4. The van der Waals surface area contributed by atoms with E-state index in [1.54, 1.807) is 24.4 Å². The van der Waals surface area contributed by atoms with E-state index in [2.05, 4.69) is 11.1 Å². The molecule has 1 heterocycles. The van der Waals surface area contributed by atoms with Crippen molar-refractivity contribution in [3.8, 4) is 11.8 Å². The minimum atomic E-state index is 0.0462. The van der Waals surface area contributed by atoms with Crippen molar-refractivity contribution in [3.05, 3.63) is 59.9 Å². The molecule has 0 saturated carbocycles. The normalized spacial score (nSPS) is 10.0. The third-order valence-electron chi connectivity index (χ3n) is 3.73. The van der Waals surface area contributed by atoms with Crippen molar-refractivity contribution in [3.63, 3.8) is 0 Å². The molecule has 1 aromatic heterocycles. The molecule has 2 aromatic rings. The van der Waals surface area contributed by atoms with Crippen molar-refractivity contribution in [2.45, 2.75) is 25.8 Å². The summed E-state index contributed by atoms with van der Waals surface area (Å²) in [6.07, 6.45) is 4.86. The molecule has 0 saturated heterocycles. The van der Waals surface area contributed by atoms with E-state index in [-0.39, 0.29) is 5.91 Å². The molecule has 124 valence electrons. The lowest BCUT2D eigenvalue weighted by molar-refractivity contribution is -0.131. The van der Waals surface area contributed by atoms with E-state index in [9.17, 15) is 4.79 Å². The fraction of sp³-hybridized carbons (Fsp3) is 0.316. The minimum Gasteiger partial charge on any atom is -0.497 e. The number of ether oxygens (including phenoxy) is 1. The lowest BCUT2D eigenvalue weighted by Crippen LogP contribution is -2.31. The average Bonchev–Trinajstić information content (AvgIpc) is 2.64. The molecule has 0 aliphatic heterocycles. The first-order valence-corrected chi connectivity index (χ1v) is 7.89. The number of rotatable bonds is 8. The standard InChI is InChI=1S/C19H21N3O2/c1-24-18-8-5-16(6-9-18)7-10-19(23)22(13-3-11-20)15-17-4-2-12-21-14-17/h2,4-6,8-9,12,14H,3,7,10,13,15H2,1H3. The molecule has 0 atom stereocenters. The van der Waals surface area contributed by atoms with Crippen LogP contribution in [0.4, 0.5) is 0 Å². The number of pyridine rings is 1. The number of aryl methyl sites for hydroxylation is 1. The van der Waals surface area contributed by atoms with Gasteiger partial charge in [-0.2, -0.15) is 5.26 Å². The smallest absolute Gasteiger partial charge is 0.223 e. The zero-order valence-electron chi connectivity index (χ0n) is 13.8. The predicted molar refractivity (Wildman–Crippen MR) is 91.2 cm³/mol. The van der Waals surface area contributed by atoms with Gasteiger partial charge in [0.15, 0.2) is 0 Å². The van der Waals surface area contributed by atoms with Crippen molar-refractivity contribution in [2.75, 3.05) is 13.7 Å². The van der Waals surface area contributed by atoms with Gasteiger partial charge >= 0.3 is 0 Å². The highest BCUT2D eigenvalue weighted by Gasteiger charge is 2.14. The monoisotopic (exact) mass is 323 g/mol. The van der Waals surface area contributed by atoms with Crippen molar-refractivity contribution in [2.24, 2.45) is 0 Å². The number of amides is 1. The van der Waals surface area contributed by atoms with Crippen molar-refractivity contribution < 1.29 is 9.53 Å². The van der Waals surface area contributed by atoms with E-state index in [1.165, 1.54) is 0 Å². The lowest BCUT2D eigenvalue weighted by atomic mass is 10.1. The zero-order valence-corrected chi connectivity index (χ0v) is 13.8. The highest BCUT2D eigenvalue weighted by atomic mass is 16.5. The first kappa shape index (κ1) is 17.5. The quantitative estimate of drug-likeness (QED) is 0.749. The second-order valence-electron chi connectivity index (χ2n) is 5.43. The fourth-order valence-corrected chi connectivity index (χ4v) is 2.39. The summed E-state index contributed by atoms with van der Waals surface area (Å²) >= 11 is 0. The second kappa shape index (κ2) is 9.31. The van der Waals surface area contributed by atoms with Crippen LogP contribution >= 0.6 is 0 Å². The number of hydrogen-bond donors (Lipinski definition) is 0. The number of aromatic nitrogens is 1. The van der Waals surface area contributed by atoms with Crippen LogP contribution in [-0.4, -0.2) is 29.4 Å². The van der Waals surface area contributed by atoms with E-state index < -0.39 is 0 Å². The van der Waals surface area contributed by atoms with E-state index in [4.69, 9.17) is 10.00 Å². The molecule has 0 unspecified atom stereocenters. The molecule has 0 aliphatic carbocycles. The molecule has 0 aliphatic rings. The van der Waals surface area contributed by atoms with Crippen molar-refractivity contribution in [1.29, 1.82) is 5.26 Å². The summed E-state index contributed by atoms with van der Waals surface area (Å²) in [4.78, 5) is 18.3. The molecule has 5 nitrogen and oxygen atoms in total. The first-order valence-electron chi connectivity index (χ1n) is 7.89. The Morgan fingerprint density at radius 3 is 2.67 bits per heavy atom. The average molecular weight is 323 g/mol. The van der Waals surface area contributed by atoms with Crippen LogP contribution in [0.3, 0.4) is 0 Å². The molecular formula is C19H21N3O2. The second-order valence-corrected chi connectivity index (χ2v) is 5.43. The Balaban J connectivity index is 1.94. The van der Waals surface area contributed by atoms with Gasteiger partial charge in [0.1, 0.15) is 5.75 Å². The Labute approximate surface area is 142 Å². The summed E-state index contributed by atoms with van der Waals surface area (Å²) in [7, 11) is 1.63. The first-order chi connectivity index (χ1) is 11.7. The number of carbonyl (C=O) groups is 1. The van der Waals surface area contributed by atoms with Gasteiger partial charge in [-0.15, -0.1) is 0 Å². The topological polar surface area (TPSA) is 66.2 Å². The van der Waals surface area contributed by atoms with E-state index in [1.807, 2.05) is 36.4 Å². The number of nitrogens with zero attached hydrogens (tertiary/aromatic N) is 3. The van der Waals surface area contributed by atoms with Crippen LogP contribution in [0.5, 0.6) is 5.75 Å². The summed E-state index contributed by atoms with van der Waals surface area (Å²) in [6, 6.07) is 13.6. The van der Waals surface area contributed by atoms with Crippen molar-refractivity contribution >= 4 is 5.91 Å². The van der Waals surface area contributed by atoms with Crippen LogP contribution in [0.1, 0.15) is 24.0 Å². The summed E-state index contributed by atoms with van der Waals surface area (Å²) in [6.45, 7) is 0.920. The maximum Gasteiger partial charge on any atom is 0.223 e. The Bertz CT molecular complexity index is 678. The number of nitriles is 1. The van der Waals surface area contributed by atoms with Crippen LogP contribution in [0.15, 0.2) is 48.8 Å². The molecular weight excluding hydrogens is 302 g/mol. The molecule has 0 bridgehead atoms. The Kier molecular flexibility index (Phi) is 6.78. The third kappa shape index (κ3) is 5.40. The van der Waals surface area contributed by atoms with Gasteiger partial charge in [0.2, 0.25) is 5.91 Å². The Hall–Kier alpha value is -2.87. The van der Waals surface area contributed by atoms with Crippen LogP contribution in [-0.2, 0) is 17.8 Å². The molecule has 24 heavy (non-hydrogen) atoms. The lowest BCUT2D eigenvalue weighted by Gasteiger charge is -2.21. The highest BCUT2D eigenvalue weighted by Crippen LogP contribution is 2.14. The van der Waals surface area contributed by atoms with Gasteiger partial charge in [-0.05, 0) is 35.7 Å². The number of carbonyl (C=O) groups excluding carboxylic acids is 1. The fourth-order valence-electron chi connectivity index (χ4n) is 2.39. The van der Waals surface area contributed by atoms with Gasteiger partial charge in [-0.25, -0.2) is 0 Å². The van der Waals surface area contributed by atoms with Crippen LogP contribution in [0.25, 0.3) is 0 Å². The molecule has 0 radical (unpaired) electrons. The maximum absolute atomic E-state index is 12.5. The van der Waals surface area contributed by atoms with Gasteiger partial charge in [0, 0.05) is 31.9 Å². The van der Waals surface area contributed by atoms with Gasteiger partial charge in [0.05, 0.1) is 19.6 Å². The molecule has 1 amide bonds. The van der Waals surface area contributed by atoms with Crippen molar-refractivity contribution in [1.82, 2.24) is 9.88 Å². The van der Waals surface area contributed by atoms with E-state index >= 15 is 0 Å². The Morgan fingerprint density at radius 1 is 1.25 bits per heavy atom. The molecule has 2 rings (SSSR count). The summed E-state index contributed by atoms with van der Waals surface area (Å²) in [5, 5.41) is 8.81. The number of benzene rings is 1. The Morgan fingerprint density at radius 2 is 2.04 bits per heavy atom. The number of methoxy groups -OCH3 is 1. The van der Waals surface area contributed by atoms with Crippen LogP contribution in [0, 0.1) is 11.3 Å². The van der Waals surface area contributed by atoms with E-state index in [0.717, 1.165) is 16.9 Å². The van der Waals surface area contributed by atoms with Crippen LogP contribution in [0.2, 0.25) is 0 Å². The van der Waals surface area contributed by atoms with Gasteiger partial charge in [0.25, 0.3) is 0 Å². The largest absolute Gasteiger partial charge is 0.497 e. The summed E-state index contributed by atoms with van der Waals surface area (Å²) < 4.78 is 5.13. The zero-order chi connectivity index (χ0) is 17.2. The molecule has 0 fully saturated rings. The predicted octanol–water partition coefficient (Wildman–Crippen LogP) is 2.97.